The van der Waals surface area contributed by atoms with Crippen LogP contribution in [0.4, 0.5) is 0 Å². The Balaban J connectivity index is 0.981. The smallest absolute Gasteiger partial charge is 0.0819 e. The van der Waals surface area contributed by atoms with Gasteiger partial charge in [0.15, 0.2) is 0 Å². The fourth-order valence-electron chi connectivity index (χ4n) is 29.0. The lowest BCUT2D eigenvalue weighted by Gasteiger charge is -2.62. The van der Waals surface area contributed by atoms with Gasteiger partial charge < -0.3 is 8.97 Å². The molecule has 0 bridgehead atoms. The number of fused-ring (bicyclic) bond motifs is 11. The zero-order valence-corrected chi connectivity index (χ0v) is 31.6. The summed E-state index contributed by atoms with van der Waals surface area (Å²) < 4.78 is 2.79. The molecule has 0 aromatic carbocycles. The van der Waals surface area contributed by atoms with Crippen molar-refractivity contribution in [3.8, 4) is 0 Å². The van der Waals surface area contributed by atoms with Crippen molar-refractivity contribution >= 4 is 0 Å². The van der Waals surface area contributed by atoms with Crippen molar-refractivity contribution in [1.29, 1.82) is 0 Å². The first-order chi connectivity index (χ1) is 24.3. The zero-order valence-electron chi connectivity index (χ0n) is 31.6. The van der Waals surface area contributed by atoms with Gasteiger partial charge in [0.25, 0.3) is 0 Å². The largest absolute Gasteiger partial charge is 0.328 e. The van der Waals surface area contributed by atoms with E-state index in [9.17, 15) is 0 Å². The van der Waals surface area contributed by atoms with E-state index < -0.39 is 0 Å². The van der Waals surface area contributed by atoms with E-state index in [1.54, 1.807) is 64.7 Å². The van der Waals surface area contributed by atoms with Gasteiger partial charge in [-0.15, -0.1) is 0 Å². The summed E-state index contributed by atoms with van der Waals surface area (Å²) in [6.07, 6.45) is 10.3. The van der Waals surface area contributed by atoms with Crippen LogP contribution in [0.5, 0.6) is 0 Å². The van der Waals surface area contributed by atoms with Crippen molar-refractivity contribution in [2.75, 3.05) is 54.4 Å². The van der Waals surface area contributed by atoms with Gasteiger partial charge in [-0.05, 0) is 216 Å². The van der Waals surface area contributed by atoms with Crippen LogP contribution in [0.15, 0.2) is 0 Å². The molecule has 2 nitrogen and oxygen atoms in total. The molecular formula is C48H66N2+2. The van der Waals surface area contributed by atoms with E-state index in [2.05, 4.69) is 28.2 Å². The van der Waals surface area contributed by atoms with Crippen molar-refractivity contribution in [2.24, 2.45) is 201 Å². The SMILES string of the molecule is C[N+]1(C)CC2C(C1)C1C3C4C[N+](C)(C)CC4C4C5CCC6C7CCC8C9CCC%10C2C2C1C1C3C4C3C5C6C4C7C8C5C9C%10C2C2C5C4C3C12. The van der Waals surface area contributed by atoms with E-state index in [1.807, 2.05) is 0 Å². The summed E-state index contributed by atoms with van der Waals surface area (Å²) in [6, 6.07) is 0. The summed E-state index contributed by atoms with van der Waals surface area (Å²) in [5.74, 6) is 41.0. The molecular weight excluding hydrogens is 605 g/mol. The topological polar surface area (TPSA) is 0 Å². The maximum absolute atomic E-state index is 2.73. The van der Waals surface area contributed by atoms with E-state index in [-0.39, 0.29) is 0 Å². The Bertz CT molecular complexity index is 1610. The highest BCUT2D eigenvalue weighted by Crippen LogP contribution is 2.94. The molecule has 0 radical (unpaired) electrons. The molecule has 0 N–H and O–H groups in total. The van der Waals surface area contributed by atoms with E-state index in [4.69, 9.17) is 0 Å². The van der Waals surface area contributed by atoms with Gasteiger partial charge in [0.1, 0.15) is 0 Å². The third-order valence-corrected chi connectivity index (χ3v) is 26.8. The Morgan fingerprint density at radius 2 is 0.380 bits per heavy atom. The molecule has 2 saturated heterocycles. The molecule has 32 atom stereocenters. The first-order valence-corrected chi connectivity index (χ1v) is 24.0. The standard InChI is InChI=1S/C48H66N2/c1-49(2)11-21-23(13-49)33-34-24-14-50(3,4)12-22(24)26-20-10-8-18-16-6-5-15-17-7-9-19-25(21)35-39-31(19)29(17)37-27(15)28(16)38-30(18)32(20)40-36(26)42(34)45(41(33)35)48-46(39)43(37)44(38)47(40)48/h15-48H,5-14H2,1-4H3/q+2. The van der Waals surface area contributed by atoms with Gasteiger partial charge in [0, 0.05) is 23.7 Å². The van der Waals surface area contributed by atoms with E-state index in [0.29, 0.717) is 0 Å². The highest BCUT2D eigenvalue weighted by Gasteiger charge is 2.91. The summed E-state index contributed by atoms with van der Waals surface area (Å²) in [5.41, 5.74) is 0. The second-order valence-electron chi connectivity index (χ2n) is 26.8. The van der Waals surface area contributed by atoms with Crippen LogP contribution in [-0.4, -0.2) is 63.3 Å². The quantitative estimate of drug-likeness (QED) is 0.253. The van der Waals surface area contributed by atoms with Crippen molar-refractivity contribution in [3.05, 3.63) is 0 Å². The number of hydrogen-bond donors (Lipinski definition) is 0. The second kappa shape index (κ2) is 7.32. The summed E-state index contributed by atoms with van der Waals surface area (Å²) in [4.78, 5) is 0. The lowest BCUT2D eigenvalue weighted by Crippen LogP contribution is -2.59. The van der Waals surface area contributed by atoms with Gasteiger partial charge in [-0.1, -0.05) is 0 Å². The maximum atomic E-state index is 2.73. The van der Waals surface area contributed by atoms with Gasteiger partial charge in [0.05, 0.1) is 54.4 Å². The monoisotopic (exact) mass is 671 g/mol. The second-order valence-corrected chi connectivity index (χ2v) is 26.8. The molecule has 0 amide bonds. The van der Waals surface area contributed by atoms with Crippen LogP contribution in [0.1, 0.15) is 38.5 Å². The molecule has 18 aliphatic rings. The Morgan fingerprint density at radius 3 is 0.700 bits per heavy atom. The molecule has 0 spiro atoms. The normalized spacial score (nSPS) is 82.3. The minimum Gasteiger partial charge on any atom is -0.328 e. The number of likely N-dealkylation sites (tertiary alicyclic amines) is 2. The van der Waals surface area contributed by atoms with E-state index in [1.165, 1.54) is 175 Å². The van der Waals surface area contributed by atoms with Gasteiger partial charge in [-0.25, -0.2) is 0 Å². The van der Waals surface area contributed by atoms with Crippen LogP contribution < -0.4 is 0 Å². The third-order valence-electron chi connectivity index (χ3n) is 26.8. The van der Waals surface area contributed by atoms with Gasteiger partial charge >= 0.3 is 0 Å². The Morgan fingerprint density at radius 1 is 0.200 bits per heavy atom. The average molecular weight is 671 g/mol. The molecule has 16 aliphatic carbocycles. The van der Waals surface area contributed by atoms with Crippen LogP contribution >= 0.6 is 0 Å². The van der Waals surface area contributed by atoms with Crippen LogP contribution in [-0.2, 0) is 0 Å². The van der Waals surface area contributed by atoms with Crippen molar-refractivity contribution in [1.82, 2.24) is 0 Å². The fraction of sp³-hybridized carbons (Fsp3) is 1.00. The average Bonchev–Trinajstić information content (AvgIpc) is 3.93. The first-order valence-electron chi connectivity index (χ1n) is 24.0. The van der Waals surface area contributed by atoms with Gasteiger partial charge in [-0.2, -0.15) is 0 Å². The van der Waals surface area contributed by atoms with Crippen molar-refractivity contribution in [2.45, 2.75) is 38.5 Å². The molecule has 266 valence electrons. The van der Waals surface area contributed by atoms with Crippen molar-refractivity contribution < 1.29 is 8.97 Å². The van der Waals surface area contributed by atoms with Crippen LogP contribution in [0.2, 0.25) is 0 Å². The summed E-state index contributed by atoms with van der Waals surface area (Å²) in [5, 5.41) is 0. The Hall–Kier alpha value is -0.0800. The third kappa shape index (κ3) is 2.20. The summed E-state index contributed by atoms with van der Waals surface area (Å²) in [6.45, 7) is 6.34. The molecule has 2 heterocycles. The molecule has 18 fully saturated rings. The zero-order chi connectivity index (χ0) is 31.7. The Labute approximate surface area is 302 Å². The number of nitrogens with zero attached hydrogens (tertiary/aromatic N) is 2. The fourth-order valence-corrected chi connectivity index (χ4v) is 29.0. The molecule has 2 aliphatic heterocycles. The van der Waals surface area contributed by atoms with Crippen LogP contribution in [0.3, 0.4) is 0 Å². The van der Waals surface area contributed by atoms with Crippen LogP contribution in [0, 0.1) is 201 Å². The predicted octanol–water partition coefficient (Wildman–Crippen LogP) is 6.68. The summed E-state index contributed by atoms with van der Waals surface area (Å²) in [7, 11) is 10.9. The highest BCUT2D eigenvalue weighted by molar-refractivity contribution is 5.37. The minimum atomic E-state index is 1.11. The molecule has 0 aromatic rings. The van der Waals surface area contributed by atoms with E-state index >= 15 is 0 Å². The number of rotatable bonds is 0. The maximum Gasteiger partial charge on any atom is 0.0819 e. The van der Waals surface area contributed by atoms with Crippen LogP contribution in [0.25, 0.3) is 0 Å². The molecule has 18 rings (SSSR count). The van der Waals surface area contributed by atoms with Gasteiger partial charge in [0.2, 0.25) is 0 Å². The minimum absolute atomic E-state index is 1.11. The predicted molar refractivity (Wildman–Crippen MR) is 190 cm³/mol. The molecule has 16 saturated carbocycles. The lowest BCUT2D eigenvalue weighted by molar-refractivity contribution is -0.881. The molecule has 50 heavy (non-hydrogen) atoms. The molecule has 32 unspecified atom stereocenters. The van der Waals surface area contributed by atoms with Crippen molar-refractivity contribution in [3.63, 3.8) is 0 Å². The summed E-state index contributed by atoms with van der Waals surface area (Å²) >= 11 is 0. The first kappa shape index (κ1) is 26.7. The number of hydrogen-bond acceptors (Lipinski definition) is 0. The number of quaternary nitrogens is 2. The Kier molecular flexibility index (Phi) is 3.90. The van der Waals surface area contributed by atoms with Gasteiger partial charge in [-0.3, -0.25) is 0 Å². The molecule has 2 heteroatoms. The van der Waals surface area contributed by atoms with E-state index in [0.717, 1.165) is 35.5 Å². The highest BCUT2D eigenvalue weighted by atomic mass is 15.3. The molecule has 0 aromatic heterocycles. The lowest BCUT2D eigenvalue weighted by atomic mass is 9.42.